The topological polar surface area (TPSA) is 0 Å². The Labute approximate surface area is 140 Å². The first-order chi connectivity index (χ1) is 11.4. The van der Waals surface area contributed by atoms with Gasteiger partial charge in [-0.25, -0.2) is 17.6 Å². The van der Waals surface area contributed by atoms with Gasteiger partial charge in [-0.05, 0) is 71.5 Å². The fourth-order valence-electron chi connectivity index (χ4n) is 3.05. The third kappa shape index (κ3) is 3.25. The predicted octanol–water partition coefficient (Wildman–Crippen LogP) is 5.61. The van der Waals surface area contributed by atoms with Crippen LogP contribution in [0.3, 0.4) is 0 Å². The molecule has 3 rings (SSSR count). The molecular weight excluding hydrogens is 335 g/mol. The largest absolute Gasteiger partial charge is 0.206 e. The Morgan fingerprint density at radius 1 is 0.917 bits per heavy atom. The second kappa shape index (κ2) is 6.68. The molecule has 126 valence electrons. The van der Waals surface area contributed by atoms with E-state index in [0.717, 1.165) is 42.5 Å². The highest BCUT2D eigenvalue weighted by Crippen LogP contribution is 2.33. The van der Waals surface area contributed by atoms with Gasteiger partial charge in [0.05, 0.1) is 0 Å². The van der Waals surface area contributed by atoms with Crippen LogP contribution >= 0.6 is 9.24 Å². The van der Waals surface area contributed by atoms with Crippen molar-refractivity contribution >= 4 is 20.1 Å². The van der Waals surface area contributed by atoms with Crippen molar-refractivity contribution in [1.29, 1.82) is 0 Å². The molecule has 0 saturated carbocycles. The van der Waals surface area contributed by atoms with Gasteiger partial charge in [0.25, 0.3) is 0 Å². The third-order valence-electron chi connectivity index (χ3n) is 4.44. The van der Waals surface area contributed by atoms with E-state index in [4.69, 9.17) is 0 Å². The quantitative estimate of drug-likeness (QED) is 0.374. The molecule has 0 fully saturated rings. The molecule has 0 radical (unpaired) electrons. The molecular formula is C19H17F4P. The highest BCUT2D eigenvalue weighted by atomic mass is 31.0. The van der Waals surface area contributed by atoms with Crippen molar-refractivity contribution < 1.29 is 17.6 Å². The van der Waals surface area contributed by atoms with Crippen molar-refractivity contribution in [2.75, 3.05) is 0 Å². The van der Waals surface area contributed by atoms with Crippen molar-refractivity contribution in [1.82, 2.24) is 0 Å². The van der Waals surface area contributed by atoms with Crippen LogP contribution in [-0.4, -0.2) is 0 Å². The number of halogens is 4. The standard InChI is InChI=1S/C19H17F4P/c1-10-2-4-11(5-3-10)12-6-14(20)18(17(24)9-12)13-7-15(21)19(23)16(22)8-13/h4,6-10H,2-3,5,24H2,1H3. The van der Waals surface area contributed by atoms with Crippen LogP contribution in [0.25, 0.3) is 16.7 Å². The molecule has 2 unspecified atom stereocenters. The van der Waals surface area contributed by atoms with Gasteiger partial charge in [-0.2, -0.15) is 0 Å². The molecule has 0 heterocycles. The van der Waals surface area contributed by atoms with Crippen LogP contribution in [0.5, 0.6) is 0 Å². The second-order valence-electron chi connectivity index (χ2n) is 6.29. The van der Waals surface area contributed by atoms with E-state index in [2.05, 4.69) is 22.2 Å². The average molecular weight is 352 g/mol. The highest BCUT2D eigenvalue weighted by molar-refractivity contribution is 7.28. The van der Waals surface area contributed by atoms with Crippen LogP contribution in [0.1, 0.15) is 31.7 Å². The van der Waals surface area contributed by atoms with E-state index in [1.165, 1.54) is 6.07 Å². The first kappa shape index (κ1) is 17.2. The molecule has 0 aromatic heterocycles. The Morgan fingerprint density at radius 3 is 2.08 bits per heavy atom. The van der Waals surface area contributed by atoms with Crippen LogP contribution in [0.4, 0.5) is 17.6 Å². The number of hydrogen-bond acceptors (Lipinski definition) is 0. The van der Waals surface area contributed by atoms with Crippen LogP contribution in [0, 0.1) is 29.2 Å². The summed E-state index contributed by atoms with van der Waals surface area (Å²) in [6.07, 6.45) is 5.00. The maximum Gasteiger partial charge on any atom is 0.194 e. The minimum atomic E-state index is -1.55. The van der Waals surface area contributed by atoms with Crippen molar-refractivity contribution in [3.8, 4) is 11.1 Å². The van der Waals surface area contributed by atoms with Crippen LogP contribution in [0.2, 0.25) is 0 Å². The van der Waals surface area contributed by atoms with Gasteiger partial charge >= 0.3 is 0 Å². The summed E-state index contributed by atoms with van der Waals surface area (Å²) in [7, 11) is 2.39. The SMILES string of the molecule is CC1CC=C(c2cc(F)c(-c3cc(F)c(F)c(F)c3)c(P)c2)CC1. The van der Waals surface area contributed by atoms with Crippen molar-refractivity contribution in [3.05, 3.63) is 59.2 Å². The molecule has 2 aromatic rings. The Kier molecular flexibility index (Phi) is 4.78. The number of hydrogen-bond donors (Lipinski definition) is 0. The van der Waals surface area contributed by atoms with Gasteiger partial charge < -0.3 is 0 Å². The third-order valence-corrected chi connectivity index (χ3v) is 4.89. The van der Waals surface area contributed by atoms with Crippen LogP contribution in [0.15, 0.2) is 30.3 Å². The van der Waals surface area contributed by atoms with Crippen molar-refractivity contribution in [2.45, 2.75) is 26.2 Å². The van der Waals surface area contributed by atoms with E-state index in [1.807, 2.05) is 0 Å². The number of benzene rings is 2. The minimum absolute atomic E-state index is 0.0216. The Bertz CT molecular complexity index is 780. The summed E-state index contributed by atoms with van der Waals surface area (Å²) in [6.45, 7) is 2.18. The monoisotopic (exact) mass is 352 g/mol. The zero-order valence-corrected chi connectivity index (χ0v) is 14.3. The smallest absolute Gasteiger partial charge is 0.194 e. The number of allylic oxidation sites excluding steroid dienone is 2. The molecule has 1 aliphatic carbocycles. The second-order valence-corrected chi connectivity index (χ2v) is 6.91. The molecule has 0 bridgehead atoms. The molecule has 0 aliphatic heterocycles. The van der Waals surface area contributed by atoms with Gasteiger partial charge in [0, 0.05) is 5.56 Å². The van der Waals surface area contributed by atoms with Crippen LogP contribution in [-0.2, 0) is 0 Å². The predicted molar refractivity (Wildman–Crippen MR) is 92.0 cm³/mol. The van der Waals surface area contributed by atoms with Gasteiger partial charge in [0.1, 0.15) is 5.82 Å². The zero-order chi connectivity index (χ0) is 17.4. The van der Waals surface area contributed by atoms with E-state index in [-0.39, 0.29) is 11.1 Å². The average Bonchev–Trinajstić information content (AvgIpc) is 2.52. The van der Waals surface area contributed by atoms with Gasteiger partial charge in [0.2, 0.25) is 0 Å². The zero-order valence-electron chi connectivity index (χ0n) is 13.2. The van der Waals surface area contributed by atoms with E-state index in [9.17, 15) is 17.6 Å². The summed E-state index contributed by atoms with van der Waals surface area (Å²) in [5, 5.41) is 0.481. The van der Waals surface area contributed by atoms with Gasteiger partial charge in [-0.3, -0.25) is 0 Å². The summed E-state index contributed by atoms with van der Waals surface area (Å²) in [5.41, 5.74) is 1.90. The first-order valence-corrected chi connectivity index (χ1v) is 8.38. The Hall–Kier alpha value is -1.67. The maximum atomic E-state index is 14.6. The summed E-state index contributed by atoms with van der Waals surface area (Å²) in [6, 6.07) is 4.78. The van der Waals surface area contributed by atoms with E-state index in [1.54, 1.807) is 6.07 Å². The molecule has 5 heteroatoms. The Balaban J connectivity index is 2.05. The van der Waals surface area contributed by atoms with Crippen molar-refractivity contribution in [3.63, 3.8) is 0 Å². The summed E-state index contributed by atoms with van der Waals surface area (Å²) >= 11 is 0. The fourth-order valence-corrected chi connectivity index (χ4v) is 3.53. The molecule has 24 heavy (non-hydrogen) atoms. The maximum absolute atomic E-state index is 14.6. The molecule has 0 N–H and O–H groups in total. The number of rotatable bonds is 2. The lowest BCUT2D eigenvalue weighted by Gasteiger charge is -2.19. The van der Waals surface area contributed by atoms with Crippen molar-refractivity contribution in [2.24, 2.45) is 5.92 Å². The van der Waals surface area contributed by atoms with Gasteiger partial charge in [0.15, 0.2) is 17.5 Å². The van der Waals surface area contributed by atoms with E-state index in [0.29, 0.717) is 11.2 Å². The van der Waals surface area contributed by atoms with Gasteiger partial charge in [-0.1, -0.05) is 13.0 Å². The lowest BCUT2D eigenvalue weighted by atomic mass is 9.87. The molecule has 0 saturated heterocycles. The van der Waals surface area contributed by atoms with E-state index < -0.39 is 23.3 Å². The van der Waals surface area contributed by atoms with Crippen LogP contribution < -0.4 is 5.30 Å². The minimum Gasteiger partial charge on any atom is -0.206 e. The summed E-state index contributed by atoms with van der Waals surface area (Å²) in [5.74, 6) is -4.17. The molecule has 2 aromatic carbocycles. The van der Waals surface area contributed by atoms with E-state index >= 15 is 0 Å². The lowest BCUT2D eigenvalue weighted by Crippen LogP contribution is -2.07. The summed E-state index contributed by atoms with van der Waals surface area (Å²) in [4.78, 5) is 0. The molecule has 2 atom stereocenters. The normalized spacial score (nSPS) is 17.8. The fraction of sp³-hybridized carbons (Fsp3) is 0.263. The highest BCUT2D eigenvalue weighted by Gasteiger charge is 2.18. The lowest BCUT2D eigenvalue weighted by molar-refractivity contribution is 0.447. The Morgan fingerprint density at radius 2 is 1.54 bits per heavy atom. The molecule has 0 nitrogen and oxygen atoms in total. The molecule has 0 spiro atoms. The van der Waals surface area contributed by atoms with Gasteiger partial charge in [-0.15, -0.1) is 9.24 Å². The molecule has 0 amide bonds. The summed E-state index contributed by atoms with van der Waals surface area (Å²) < 4.78 is 54.6. The molecule has 1 aliphatic rings. The first-order valence-electron chi connectivity index (χ1n) is 7.80.